The van der Waals surface area contributed by atoms with Crippen LogP contribution in [-0.2, 0) is 13.1 Å². The first-order valence-corrected chi connectivity index (χ1v) is 8.44. The van der Waals surface area contributed by atoms with Gasteiger partial charge in [-0.15, -0.1) is 0 Å². The molecule has 1 N–H and O–H groups in total. The summed E-state index contributed by atoms with van der Waals surface area (Å²) in [4.78, 5) is 5.17. The molecule has 1 saturated heterocycles. The summed E-state index contributed by atoms with van der Waals surface area (Å²) >= 11 is 0. The molecule has 0 amide bonds. The van der Waals surface area contributed by atoms with Crippen molar-refractivity contribution in [3.05, 3.63) is 35.4 Å². The van der Waals surface area contributed by atoms with Crippen LogP contribution in [0.5, 0.6) is 0 Å². The lowest BCUT2D eigenvalue weighted by Crippen LogP contribution is -2.39. The molecule has 0 bridgehead atoms. The van der Waals surface area contributed by atoms with Gasteiger partial charge in [0.05, 0.1) is 0 Å². The van der Waals surface area contributed by atoms with Gasteiger partial charge in [-0.1, -0.05) is 38.1 Å². The molecule has 0 spiro atoms. The Balaban J connectivity index is 2.08. The molecule has 0 radical (unpaired) electrons. The average Bonchev–Trinajstić information content (AvgIpc) is 2.68. The Labute approximate surface area is 130 Å². The zero-order valence-electron chi connectivity index (χ0n) is 13.9. The van der Waals surface area contributed by atoms with E-state index in [1.165, 1.54) is 43.6 Å². The quantitative estimate of drug-likeness (QED) is 0.869. The average molecular weight is 289 g/mol. The van der Waals surface area contributed by atoms with Crippen LogP contribution in [0.1, 0.15) is 37.8 Å². The van der Waals surface area contributed by atoms with E-state index in [-0.39, 0.29) is 0 Å². The van der Waals surface area contributed by atoms with Crippen molar-refractivity contribution >= 4 is 0 Å². The van der Waals surface area contributed by atoms with Crippen LogP contribution in [0.2, 0.25) is 0 Å². The van der Waals surface area contributed by atoms with Crippen molar-refractivity contribution in [1.29, 1.82) is 0 Å². The molecule has 1 aromatic carbocycles. The van der Waals surface area contributed by atoms with E-state index in [1.807, 2.05) is 0 Å². The van der Waals surface area contributed by atoms with Crippen LogP contribution in [0.15, 0.2) is 24.3 Å². The van der Waals surface area contributed by atoms with E-state index in [0.29, 0.717) is 6.04 Å². The zero-order valence-corrected chi connectivity index (χ0v) is 13.9. The van der Waals surface area contributed by atoms with E-state index in [1.54, 1.807) is 0 Å². The number of nitrogens with zero attached hydrogens (tertiary/aromatic N) is 2. The largest absolute Gasteiger partial charge is 0.313 e. The highest BCUT2D eigenvalue weighted by molar-refractivity contribution is 5.27. The maximum Gasteiger partial charge on any atom is 0.0240 e. The fourth-order valence-corrected chi connectivity index (χ4v) is 3.25. The number of hydrogen-bond acceptors (Lipinski definition) is 3. The molecule has 0 saturated carbocycles. The molecule has 3 heteroatoms. The number of benzene rings is 1. The van der Waals surface area contributed by atoms with E-state index in [0.717, 1.165) is 19.6 Å². The van der Waals surface area contributed by atoms with E-state index in [9.17, 15) is 0 Å². The maximum atomic E-state index is 3.46. The first kappa shape index (κ1) is 16.5. The molecule has 1 heterocycles. The summed E-state index contributed by atoms with van der Waals surface area (Å²) in [6, 6.07) is 9.58. The highest BCUT2D eigenvalue weighted by Gasteiger charge is 2.22. The Kier molecular flexibility index (Phi) is 6.68. The minimum Gasteiger partial charge on any atom is -0.313 e. The maximum absolute atomic E-state index is 3.46. The van der Waals surface area contributed by atoms with Gasteiger partial charge in [0.15, 0.2) is 0 Å². The zero-order chi connectivity index (χ0) is 15.1. The predicted octanol–water partition coefficient (Wildman–Crippen LogP) is 2.71. The Morgan fingerprint density at radius 1 is 1.14 bits per heavy atom. The van der Waals surface area contributed by atoms with Crippen molar-refractivity contribution in [2.24, 2.45) is 0 Å². The van der Waals surface area contributed by atoms with Crippen LogP contribution >= 0.6 is 0 Å². The van der Waals surface area contributed by atoms with Gasteiger partial charge in [0.2, 0.25) is 0 Å². The van der Waals surface area contributed by atoms with E-state index in [4.69, 9.17) is 0 Å². The third kappa shape index (κ3) is 4.80. The van der Waals surface area contributed by atoms with Gasteiger partial charge in [0.25, 0.3) is 0 Å². The molecule has 21 heavy (non-hydrogen) atoms. The molecule has 1 aromatic rings. The topological polar surface area (TPSA) is 18.5 Å². The molecule has 1 fully saturated rings. The summed E-state index contributed by atoms with van der Waals surface area (Å²) < 4.78 is 0. The van der Waals surface area contributed by atoms with Crippen LogP contribution in [-0.4, -0.2) is 49.1 Å². The fourth-order valence-electron chi connectivity index (χ4n) is 3.25. The number of nitrogens with one attached hydrogen (secondary N) is 1. The highest BCUT2D eigenvalue weighted by Crippen LogP contribution is 2.18. The molecular weight excluding hydrogens is 258 g/mol. The van der Waals surface area contributed by atoms with Gasteiger partial charge in [-0.2, -0.15) is 0 Å². The second kappa shape index (κ2) is 8.52. The second-order valence-electron chi connectivity index (χ2n) is 6.20. The Hall–Kier alpha value is -0.900. The molecule has 0 aliphatic carbocycles. The van der Waals surface area contributed by atoms with Crippen molar-refractivity contribution in [3.8, 4) is 0 Å². The monoisotopic (exact) mass is 289 g/mol. The molecule has 118 valence electrons. The van der Waals surface area contributed by atoms with Gasteiger partial charge in [0.1, 0.15) is 0 Å². The summed E-state index contributed by atoms with van der Waals surface area (Å²) in [5.41, 5.74) is 2.94. The summed E-state index contributed by atoms with van der Waals surface area (Å²) in [5.74, 6) is 0. The van der Waals surface area contributed by atoms with Crippen molar-refractivity contribution in [1.82, 2.24) is 15.1 Å². The van der Waals surface area contributed by atoms with E-state index < -0.39 is 0 Å². The van der Waals surface area contributed by atoms with Gasteiger partial charge >= 0.3 is 0 Å². The Morgan fingerprint density at radius 3 is 2.62 bits per heavy atom. The summed E-state index contributed by atoms with van der Waals surface area (Å²) in [6.07, 6.45) is 2.52. The van der Waals surface area contributed by atoms with Crippen molar-refractivity contribution in [2.75, 3.05) is 33.2 Å². The molecule has 1 aliphatic rings. The minimum atomic E-state index is 0.685. The van der Waals surface area contributed by atoms with Crippen LogP contribution in [0.25, 0.3) is 0 Å². The highest BCUT2D eigenvalue weighted by atomic mass is 15.2. The minimum absolute atomic E-state index is 0.685. The first-order chi connectivity index (χ1) is 10.2. The SMILES string of the molecule is CCNCc1ccccc1CN1CCCN(C)CC1CC. The third-order valence-electron chi connectivity index (χ3n) is 4.55. The number of rotatable bonds is 6. The van der Waals surface area contributed by atoms with Crippen LogP contribution in [0.3, 0.4) is 0 Å². The van der Waals surface area contributed by atoms with Gasteiger partial charge < -0.3 is 10.2 Å². The molecule has 3 nitrogen and oxygen atoms in total. The molecular formula is C18H31N3. The smallest absolute Gasteiger partial charge is 0.0240 e. The number of hydrogen-bond donors (Lipinski definition) is 1. The summed E-state index contributed by atoms with van der Waals surface area (Å²) in [7, 11) is 2.26. The molecule has 1 aliphatic heterocycles. The Morgan fingerprint density at radius 2 is 1.90 bits per heavy atom. The van der Waals surface area contributed by atoms with E-state index >= 15 is 0 Å². The van der Waals surface area contributed by atoms with Crippen LogP contribution < -0.4 is 5.32 Å². The van der Waals surface area contributed by atoms with Gasteiger partial charge in [-0.05, 0) is 44.1 Å². The van der Waals surface area contributed by atoms with Crippen molar-refractivity contribution < 1.29 is 0 Å². The van der Waals surface area contributed by atoms with Crippen molar-refractivity contribution in [3.63, 3.8) is 0 Å². The molecule has 1 unspecified atom stereocenters. The van der Waals surface area contributed by atoms with Crippen LogP contribution in [0.4, 0.5) is 0 Å². The lowest BCUT2D eigenvalue weighted by atomic mass is 10.1. The van der Waals surface area contributed by atoms with Gasteiger partial charge in [0, 0.05) is 32.2 Å². The van der Waals surface area contributed by atoms with E-state index in [2.05, 4.69) is 60.3 Å². The normalized spacial score (nSPS) is 21.4. The van der Waals surface area contributed by atoms with Gasteiger partial charge in [-0.25, -0.2) is 0 Å². The summed E-state index contributed by atoms with van der Waals surface area (Å²) in [5, 5.41) is 3.46. The third-order valence-corrected chi connectivity index (χ3v) is 4.55. The van der Waals surface area contributed by atoms with Gasteiger partial charge in [-0.3, -0.25) is 4.90 Å². The fraction of sp³-hybridized carbons (Fsp3) is 0.667. The van der Waals surface area contributed by atoms with Crippen molar-refractivity contribution in [2.45, 2.75) is 45.8 Å². The molecule has 0 aromatic heterocycles. The molecule has 2 rings (SSSR count). The standard InChI is InChI=1S/C18H31N3/c1-4-18-15-20(3)11-8-12-21(18)14-17-10-7-6-9-16(17)13-19-5-2/h6-7,9-10,18-19H,4-5,8,11-15H2,1-3H3. The predicted molar refractivity (Wildman–Crippen MR) is 90.4 cm³/mol. The lowest BCUT2D eigenvalue weighted by Gasteiger charge is -2.30. The number of likely N-dealkylation sites (N-methyl/N-ethyl adjacent to an activating group) is 1. The first-order valence-electron chi connectivity index (χ1n) is 8.44. The van der Waals surface area contributed by atoms with Crippen LogP contribution in [0, 0.1) is 0 Å². The molecule has 1 atom stereocenters. The second-order valence-corrected chi connectivity index (χ2v) is 6.20. The lowest BCUT2D eigenvalue weighted by molar-refractivity contribution is 0.175. The summed E-state index contributed by atoms with van der Waals surface area (Å²) in [6.45, 7) is 11.2. The Bertz CT molecular complexity index is 419.